The zero-order chi connectivity index (χ0) is 15.3. The van der Waals surface area contributed by atoms with E-state index in [2.05, 4.69) is 29.6 Å². The number of aliphatic hydroxyl groups excluding tert-OH is 1. The second-order valence-electron chi connectivity index (χ2n) is 6.32. The van der Waals surface area contributed by atoms with Crippen LogP contribution in [-0.2, 0) is 6.42 Å². The van der Waals surface area contributed by atoms with E-state index in [1.807, 2.05) is 13.0 Å². The predicted octanol–water partition coefficient (Wildman–Crippen LogP) is 2.42. The van der Waals surface area contributed by atoms with Crippen molar-refractivity contribution in [3.8, 4) is 0 Å². The molecule has 0 radical (unpaired) electrons. The summed E-state index contributed by atoms with van der Waals surface area (Å²) in [5.74, 6) is 0. The SMILES string of the molecule is CC(CO)N(C)C(=O)NCC1(Cc2ccccc2)CCC1. The zero-order valence-electron chi connectivity index (χ0n) is 13.0. The van der Waals surface area contributed by atoms with Crippen molar-refractivity contribution in [3.05, 3.63) is 35.9 Å². The number of aliphatic hydroxyl groups is 1. The molecule has 0 aliphatic heterocycles. The van der Waals surface area contributed by atoms with Crippen LogP contribution in [0, 0.1) is 5.41 Å². The van der Waals surface area contributed by atoms with Crippen molar-refractivity contribution in [1.82, 2.24) is 10.2 Å². The number of hydrogen-bond donors (Lipinski definition) is 2. The number of carbonyl (C=O) groups excluding carboxylic acids is 1. The van der Waals surface area contributed by atoms with Gasteiger partial charge < -0.3 is 15.3 Å². The zero-order valence-corrected chi connectivity index (χ0v) is 13.0. The number of nitrogens with one attached hydrogen (secondary N) is 1. The van der Waals surface area contributed by atoms with E-state index >= 15 is 0 Å². The van der Waals surface area contributed by atoms with Crippen LogP contribution in [-0.4, -0.2) is 42.3 Å². The summed E-state index contributed by atoms with van der Waals surface area (Å²) < 4.78 is 0. The van der Waals surface area contributed by atoms with Crippen LogP contribution in [0.5, 0.6) is 0 Å². The summed E-state index contributed by atoms with van der Waals surface area (Å²) in [5, 5.41) is 12.1. The summed E-state index contributed by atoms with van der Waals surface area (Å²) in [7, 11) is 1.72. The summed E-state index contributed by atoms with van der Waals surface area (Å²) in [6.45, 7) is 2.53. The number of urea groups is 1. The molecule has 2 N–H and O–H groups in total. The van der Waals surface area contributed by atoms with Gasteiger partial charge in [0.05, 0.1) is 12.6 Å². The van der Waals surface area contributed by atoms with Gasteiger partial charge in [0.15, 0.2) is 0 Å². The van der Waals surface area contributed by atoms with Crippen LogP contribution >= 0.6 is 0 Å². The van der Waals surface area contributed by atoms with Gasteiger partial charge in [-0.15, -0.1) is 0 Å². The van der Waals surface area contributed by atoms with Gasteiger partial charge in [0.2, 0.25) is 0 Å². The number of hydrogen-bond acceptors (Lipinski definition) is 2. The Kier molecular flexibility index (Phi) is 5.23. The Morgan fingerprint density at radius 1 is 1.38 bits per heavy atom. The predicted molar refractivity (Wildman–Crippen MR) is 84.1 cm³/mol. The normalized spacial score (nSPS) is 17.7. The van der Waals surface area contributed by atoms with Gasteiger partial charge in [-0.05, 0) is 37.2 Å². The van der Waals surface area contributed by atoms with Crippen molar-refractivity contribution in [2.24, 2.45) is 5.41 Å². The lowest BCUT2D eigenvalue weighted by atomic mass is 9.65. The third-order valence-corrected chi connectivity index (χ3v) is 4.70. The largest absolute Gasteiger partial charge is 0.394 e. The van der Waals surface area contributed by atoms with Crippen LogP contribution in [0.2, 0.25) is 0 Å². The van der Waals surface area contributed by atoms with Crippen LogP contribution in [0.4, 0.5) is 4.79 Å². The van der Waals surface area contributed by atoms with E-state index in [0.29, 0.717) is 6.54 Å². The number of benzene rings is 1. The molecule has 21 heavy (non-hydrogen) atoms. The lowest BCUT2D eigenvalue weighted by Gasteiger charge is -2.42. The van der Waals surface area contributed by atoms with E-state index in [4.69, 9.17) is 5.11 Å². The summed E-state index contributed by atoms with van der Waals surface area (Å²) in [5.41, 5.74) is 1.55. The van der Waals surface area contributed by atoms with Crippen molar-refractivity contribution >= 4 is 6.03 Å². The Labute approximate surface area is 127 Å². The Morgan fingerprint density at radius 3 is 2.57 bits per heavy atom. The second-order valence-corrected chi connectivity index (χ2v) is 6.32. The molecule has 1 aromatic carbocycles. The van der Waals surface area contributed by atoms with Crippen LogP contribution in [0.1, 0.15) is 31.7 Å². The third kappa shape index (κ3) is 3.97. The van der Waals surface area contributed by atoms with Crippen molar-refractivity contribution in [3.63, 3.8) is 0 Å². The Bertz CT molecular complexity index is 457. The highest BCUT2D eigenvalue weighted by Crippen LogP contribution is 2.43. The smallest absolute Gasteiger partial charge is 0.317 e. The summed E-state index contributed by atoms with van der Waals surface area (Å²) in [6, 6.07) is 10.2. The molecule has 1 aliphatic carbocycles. The van der Waals surface area contributed by atoms with Crippen molar-refractivity contribution in [1.29, 1.82) is 0 Å². The lowest BCUT2D eigenvalue weighted by molar-refractivity contribution is 0.119. The van der Waals surface area contributed by atoms with Crippen molar-refractivity contribution in [2.75, 3.05) is 20.2 Å². The molecule has 0 spiro atoms. The molecule has 0 heterocycles. The van der Waals surface area contributed by atoms with E-state index in [-0.39, 0.29) is 24.1 Å². The second kappa shape index (κ2) is 6.94. The maximum Gasteiger partial charge on any atom is 0.317 e. The number of rotatable bonds is 6. The molecule has 4 nitrogen and oxygen atoms in total. The number of amides is 2. The molecule has 1 atom stereocenters. The highest BCUT2D eigenvalue weighted by atomic mass is 16.3. The van der Waals surface area contributed by atoms with Crippen molar-refractivity contribution in [2.45, 2.75) is 38.6 Å². The molecular weight excluding hydrogens is 264 g/mol. The van der Waals surface area contributed by atoms with Crippen molar-refractivity contribution < 1.29 is 9.90 Å². The summed E-state index contributed by atoms with van der Waals surface area (Å²) in [6.07, 6.45) is 4.60. The number of likely N-dealkylation sites (N-methyl/N-ethyl adjacent to an activating group) is 1. The number of carbonyl (C=O) groups is 1. The van der Waals surface area contributed by atoms with Gasteiger partial charge in [-0.25, -0.2) is 4.79 Å². The van der Waals surface area contributed by atoms with Crippen LogP contribution in [0.25, 0.3) is 0 Å². The van der Waals surface area contributed by atoms with Gasteiger partial charge in [-0.3, -0.25) is 0 Å². The van der Waals surface area contributed by atoms with E-state index in [9.17, 15) is 4.79 Å². The highest BCUT2D eigenvalue weighted by Gasteiger charge is 2.37. The monoisotopic (exact) mass is 290 g/mol. The Hall–Kier alpha value is -1.55. The molecule has 1 saturated carbocycles. The van der Waals surface area contributed by atoms with E-state index < -0.39 is 0 Å². The topological polar surface area (TPSA) is 52.6 Å². The number of nitrogens with zero attached hydrogens (tertiary/aromatic N) is 1. The minimum absolute atomic E-state index is 0.0148. The molecule has 2 amide bonds. The minimum Gasteiger partial charge on any atom is -0.394 e. The fourth-order valence-electron chi connectivity index (χ4n) is 2.83. The molecule has 0 aromatic heterocycles. The molecule has 1 aromatic rings. The molecule has 2 rings (SSSR count). The molecule has 0 bridgehead atoms. The highest BCUT2D eigenvalue weighted by molar-refractivity contribution is 5.74. The van der Waals surface area contributed by atoms with E-state index in [1.54, 1.807) is 11.9 Å². The molecule has 116 valence electrons. The van der Waals surface area contributed by atoms with Crippen LogP contribution in [0.15, 0.2) is 30.3 Å². The Balaban J connectivity index is 1.89. The molecule has 1 unspecified atom stereocenters. The minimum atomic E-state index is -0.156. The first kappa shape index (κ1) is 15.8. The Morgan fingerprint density at radius 2 is 2.05 bits per heavy atom. The average molecular weight is 290 g/mol. The molecule has 1 aliphatic rings. The van der Waals surface area contributed by atoms with Gasteiger partial charge >= 0.3 is 6.03 Å². The fraction of sp³-hybridized carbons (Fsp3) is 0.588. The summed E-state index contributed by atoms with van der Waals surface area (Å²) in [4.78, 5) is 13.7. The molecule has 1 fully saturated rings. The van der Waals surface area contributed by atoms with Crippen LogP contribution in [0.3, 0.4) is 0 Å². The van der Waals surface area contributed by atoms with Gasteiger partial charge in [-0.2, -0.15) is 0 Å². The van der Waals surface area contributed by atoms with E-state index in [0.717, 1.165) is 6.42 Å². The lowest BCUT2D eigenvalue weighted by Crippen LogP contribution is -2.49. The van der Waals surface area contributed by atoms with Gasteiger partial charge in [0, 0.05) is 13.6 Å². The molecule has 4 heteroatoms. The first-order chi connectivity index (χ1) is 10.1. The summed E-state index contributed by atoms with van der Waals surface area (Å²) >= 11 is 0. The quantitative estimate of drug-likeness (QED) is 0.845. The molecular formula is C17H26N2O2. The van der Waals surface area contributed by atoms with Crippen LogP contribution < -0.4 is 5.32 Å². The van der Waals surface area contributed by atoms with Gasteiger partial charge in [0.25, 0.3) is 0 Å². The maximum atomic E-state index is 12.1. The first-order valence-electron chi connectivity index (χ1n) is 7.72. The molecule has 0 saturated heterocycles. The maximum absolute atomic E-state index is 12.1. The van der Waals surface area contributed by atoms with Gasteiger partial charge in [-0.1, -0.05) is 36.8 Å². The fourth-order valence-corrected chi connectivity index (χ4v) is 2.83. The third-order valence-electron chi connectivity index (χ3n) is 4.70. The standard InChI is InChI=1S/C17H26N2O2/c1-14(12-20)19(2)16(21)18-13-17(9-6-10-17)11-15-7-4-3-5-8-15/h3-5,7-8,14,20H,6,9-13H2,1-2H3,(H,18,21). The van der Waals surface area contributed by atoms with E-state index in [1.165, 1.54) is 24.8 Å². The van der Waals surface area contributed by atoms with Gasteiger partial charge in [0.1, 0.15) is 0 Å². The average Bonchev–Trinajstić information content (AvgIpc) is 2.48. The first-order valence-corrected chi connectivity index (χ1v) is 7.72.